The highest BCUT2D eigenvalue weighted by atomic mass is 35.5. The van der Waals surface area contributed by atoms with Gasteiger partial charge in [0.1, 0.15) is 4.21 Å². The summed E-state index contributed by atoms with van der Waals surface area (Å²) < 4.78 is 34.1. The molecule has 8 heteroatoms. The molecule has 1 aromatic rings. The molecule has 0 amide bonds. The Kier molecular flexibility index (Phi) is 5.06. The summed E-state index contributed by atoms with van der Waals surface area (Å²) >= 11 is 6.88. The second-order valence-electron chi connectivity index (χ2n) is 6.24. The number of esters is 1. The minimum Gasteiger partial charge on any atom is -0.466 e. The molecule has 1 fully saturated rings. The number of thiophene rings is 1. The van der Waals surface area contributed by atoms with Crippen LogP contribution in [0.15, 0.2) is 28.5 Å². The fourth-order valence-corrected chi connectivity index (χ4v) is 6.61. The second kappa shape index (κ2) is 6.78. The van der Waals surface area contributed by atoms with E-state index >= 15 is 0 Å². The van der Waals surface area contributed by atoms with Crippen molar-refractivity contribution in [3.05, 3.63) is 28.6 Å². The third-order valence-electron chi connectivity index (χ3n) is 4.89. The van der Waals surface area contributed by atoms with Gasteiger partial charge in [0.2, 0.25) is 10.0 Å². The quantitative estimate of drug-likeness (QED) is 0.619. The summed E-state index contributed by atoms with van der Waals surface area (Å²) in [5, 5.41) is 0. The molecule has 1 unspecified atom stereocenters. The molecule has 132 valence electrons. The SMILES string of the molecule is CCOC(=O)[C@@]12CC=CCC(CC1)[C@@H]2NS(=O)(=O)c1ccc(Cl)s1. The van der Waals surface area contributed by atoms with Gasteiger partial charge in [-0.2, -0.15) is 0 Å². The number of fused-ring (bicyclic) bond motifs is 2. The van der Waals surface area contributed by atoms with Crippen molar-refractivity contribution in [2.45, 2.75) is 42.9 Å². The van der Waals surface area contributed by atoms with Crippen LogP contribution in [0.25, 0.3) is 0 Å². The standard InChI is InChI=1S/C16H20ClNO4S2/c1-2-22-15(19)16-9-4-3-5-11(8-10-16)14(16)18-24(20,21)13-7-6-12(17)23-13/h3-4,6-7,11,14,18H,2,5,8-10H2,1H3/t11?,14-,16-/m0/s1. The zero-order valence-corrected chi connectivity index (χ0v) is 15.7. The van der Waals surface area contributed by atoms with Crippen LogP contribution >= 0.6 is 22.9 Å². The number of ether oxygens (including phenoxy) is 1. The molecule has 0 aliphatic heterocycles. The van der Waals surface area contributed by atoms with Gasteiger partial charge in [0.15, 0.2) is 0 Å². The maximum Gasteiger partial charge on any atom is 0.314 e. The highest BCUT2D eigenvalue weighted by Crippen LogP contribution is 2.49. The molecule has 1 heterocycles. The van der Waals surface area contributed by atoms with Crippen molar-refractivity contribution in [1.82, 2.24) is 4.72 Å². The Labute approximate surface area is 151 Å². The van der Waals surface area contributed by atoms with E-state index in [4.69, 9.17) is 16.3 Å². The average Bonchev–Trinajstić information content (AvgIpc) is 3.03. The zero-order valence-electron chi connectivity index (χ0n) is 13.3. The highest BCUT2D eigenvalue weighted by molar-refractivity contribution is 7.91. The summed E-state index contributed by atoms with van der Waals surface area (Å²) in [6, 6.07) is 2.59. The van der Waals surface area contributed by atoms with Crippen LogP contribution in [0, 0.1) is 11.3 Å². The molecule has 1 N–H and O–H groups in total. The molecule has 0 saturated heterocycles. The first kappa shape index (κ1) is 17.9. The maximum atomic E-state index is 12.7. The van der Waals surface area contributed by atoms with Crippen molar-refractivity contribution in [2.24, 2.45) is 11.3 Å². The van der Waals surface area contributed by atoms with E-state index in [9.17, 15) is 13.2 Å². The van der Waals surface area contributed by atoms with Crippen molar-refractivity contribution in [3.63, 3.8) is 0 Å². The second-order valence-corrected chi connectivity index (χ2v) is 9.90. The third kappa shape index (κ3) is 3.14. The topological polar surface area (TPSA) is 72.5 Å². The Bertz CT molecular complexity index is 758. The molecule has 1 aromatic heterocycles. The van der Waals surface area contributed by atoms with Crippen molar-refractivity contribution in [3.8, 4) is 0 Å². The van der Waals surface area contributed by atoms with Crippen LogP contribution in [0.4, 0.5) is 0 Å². The van der Waals surface area contributed by atoms with Gasteiger partial charge >= 0.3 is 5.97 Å². The summed E-state index contributed by atoms with van der Waals surface area (Å²) in [5.74, 6) is -0.214. The molecule has 2 aliphatic rings. The molecular weight excluding hydrogens is 370 g/mol. The first-order chi connectivity index (χ1) is 11.4. The predicted molar refractivity (Wildman–Crippen MR) is 93.6 cm³/mol. The van der Waals surface area contributed by atoms with Crippen molar-refractivity contribution < 1.29 is 17.9 Å². The number of nitrogens with one attached hydrogen (secondary N) is 1. The number of halogens is 1. The molecule has 2 aliphatic carbocycles. The monoisotopic (exact) mass is 389 g/mol. The van der Waals surface area contributed by atoms with Crippen LogP contribution in [0.2, 0.25) is 4.34 Å². The molecule has 0 spiro atoms. The number of carbonyl (C=O) groups is 1. The van der Waals surface area contributed by atoms with Crippen LogP contribution in [0.3, 0.4) is 0 Å². The number of allylic oxidation sites excluding steroid dienone is 2. The van der Waals surface area contributed by atoms with Crippen LogP contribution in [0.5, 0.6) is 0 Å². The minimum absolute atomic E-state index is 0.0957. The molecule has 1 saturated carbocycles. The molecule has 0 radical (unpaired) electrons. The van der Waals surface area contributed by atoms with Gasteiger partial charge < -0.3 is 4.74 Å². The first-order valence-corrected chi connectivity index (χ1v) is 10.7. The van der Waals surface area contributed by atoms with Gasteiger partial charge in [-0.15, -0.1) is 11.3 Å². The van der Waals surface area contributed by atoms with E-state index in [-0.39, 0.29) is 22.7 Å². The Hall–Kier alpha value is -0.890. The van der Waals surface area contributed by atoms with E-state index in [0.29, 0.717) is 17.2 Å². The lowest BCUT2D eigenvalue weighted by Crippen LogP contribution is -2.51. The fraction of sp³-hybridized carbons (Fsp3) is 0.562. The van der Waals surface area contributed by atoms with Crippen LogP contribution < -0.4 is 4.72 Å². The highest BCUT2D eigenvalue weighted by Gasteiger charge is 2.55. The van der Waals surface area contributed by atoms with Gasteiger partial charge in [-0.25, -0.2) is 13.1 Å². The lowest BCUT2D eigenvalue weighted by Gasteiger charge is -2.33. The molecular formula is C16H20ClNO4S2. The van der Waals surface area contributed by atoms with Crippen molar-refractivity contribution in [1.29, 1.82) is 0 Å². The number of rotatable bonds is 5. The largest absolute Gasteiger partial charge is 0.466 e. The molecule has 24 heavy (non-hydrogen) atoms. The van der Waals surface area contributed by atoms with Crippen molar-refractivity contribution >= 4 is 38.9 Å². The van der Waals surface area contributed by atoms with Crippen LogP contribution in [-0.2, 0) is 19.6 Å². The number of hydrogen-bond donors (Lipinski definition) is 1. The summed E-state index contributed by atoms with van der Waals surface area (Å²) in [6.45, 7) is 2.05. The van der Waals surface area contributed by atoms with E-state index in [1.165, 1.54) is 6.07 Å². The Morgan fingerprint density at radius 1 is 1.46 bits per heavy atom. The Balaban J connectivity index is 1.93. The lowest BCUT2D eigenvalue weighted by molar-refractivity contribution is -0.156. The van der Waals surface area contributed by atoms with E-state index in [1.807, 2.05) is 12.2 Å². The lowest BCUT2D eigenvalue weighted by atomic mass is 9.79. The van der Waals surface area contributed by atoms with E-state index in [2.05, 4.69) is 4.72 Å². The molecule has 5 nitrogen and oxygen atoms in total. The van der Waals surface area contributed by atoms with Gasteiger partial charge in [-0.1, -0.05) is 23.8 Å². The first-order valence-electron chi connectivity index (χ1n) is 7.99. The number of hydrogen-bond acceptors (Lipinski definition) is 5. The zero-order chi connectivity index (χ0) is 17.4. The van der Waals surface area contributed by atoms with Crippen LogP contribution in [-0.4, -0.2) is 27.0 Å². The summed E-state index contributed by atoms with van der Waals surface area (Å²) in [4.78, 5) is 12.7. The molecule has 2 bridgehead atoms. The molecule has 3 atom stereocenters. The van der Waals surface area contributed by atoms with Crippen LogP contribution in [0.1, 0.15) is 32.6 Å². The summed E-state index contributed by atoms with van der Waals surface area (Å²) in [6.07, 6.45) is 6.72. The summed E-state index contributed by atoms with van der Waals surface area (Å²) in [7, 11) is -3.72. The van der Waals surface area contributed by atoms with E-state index in [1.54, 1.807) is 13.0 Å². The maximum absolute atomic E-state index is 12.7. The Morgan fingerprint density at radius 3 is 2.92 bits per heavy atom. The van der Waals surface area contributed by atoms with E-state index in [0.717, 1.165) is 24.2 Å². The fourth-order valence-electron chi connectivity index (χ4n) is 3.73. The minimum atomic E-state index is -3.72. The normalized spacial score (nSPS) is 29.4. The van der Waals surface area contributed by atoms with Gasteiger partial charge in [-0.3, -0.25) is 4.79 Å². The average molecular weight is 390 g/mol. The molecule has 0 aromatic carbocycles. The predicted octanol–water partition coefficient (Wildman–Crippen LogP) is 3.36. The van der Waals surface area contributed by atoms with E-state index < -0.39 is 21.5 Å². The third-order valence-corrected chi connectivity index (χ3v) is 8.06. The van der Waals surface area contributed by atoms with Crippen molar-refractivity contribution in [2.75, 3.05) is 6.61 Å². The number of carbonyl (C=O) groups excluding carboxylic acids is 1. The van der Waals surface area contributed by atoms with Gasteiger partial charge in [0.05, 0.1) is 16.4 Å². The summed E-state index contributed by atoms with van der Waals surface area (Å²) in [5.41, 5.74) is -0.818. The van der Waals surface area contributed by atoms with Gasteiger partial charge in [0.25, 0.3) is 0 Å². The molecule has 3 rings (SSSR count). The Morgan fingerprint density at radius 2 is 2.25 bits per heavy atom. The smallest absolute Gasteiger partial charge is 0.314 e. The van der Waals surface area contributed by atoms with Gasteiger partial charge in [0, 0.05) is 6.04 Å². The number of sulfonamides is 1. The van der Waals surface area contributed by atoms with Gasteiger partial charge in [-0.05, 0) is 50.7 Å².